The number of morpholine rings is 1. The maximum atomic E-state index is 12.0. The lowest BCUT2D eigenvalue weighted by atomic mass is 9.87. The van der Waals surface area contributed by atoms with E-state index in [2.05, 4.69) is 82.1 Å². The Balaban J connectivity index is 1.16. The molecule has 2 aromatic carbocycles. The van der Waals surface area contributed by atoms with Crippen molar-refractivity contribution in [2.75, 3.05) is 74.0 Å². The highest BCUT2D eigenvalue weighted by Crippen LogP contribution is 2.38. The van der Waals surface area contributed by atoms with E-state index >= 15 is 0 Å². The molecule has 0 saturated carbocycles. The van der Waals surface area contributed by atoms with Crippen LogP contribution in [-0.2, 0) is 26.7 Å². The Morgan fingerprint density at radius 2 is 1.65 bits per heavy atom. The number of nitrogens with one attached hydrogen (secondary N) is 1. The second kappa shape index (κ2) is 13.1. The standard InChI is InChI=1S/C34H41N9O3S2/c1-34(2,3)25-11-9-24(10-12-25)23-43-28-8-6-5-7-26(28)36-29(43)22-35-39-33-37-27-21-30(40-13-15-42(16-14-40)48(4,44)45)47-31(27)32(38-33)41-17-19-46-20-18-41/h5-12,21-22H,13-20,23H2,1-4H3,(H,37,38,39)/b35-22+. The van der Waals surface area contributed by atoms with Crippen LogP contribution in [0.1, 0.15) is 37.7 Å². The van der Waals surface area contributed by atoms with Gasteiger partial charge in [0.1, 0.15) is 0 Å². The number of hydrazone groups is 1. The largest absolute Gasteiger partial charge is 0.378 e. The van der Waals surface area contributed by atoms with Gasteiger partial charge in [-0.15, -0.1) is 11.3 Å². The first-order valence-corrected chi connectivity index (χ1v) is 18.9. The van der Waals surface area contributed by atoms with Gasteiger partial charge in [0.15, 0.2) is 11.6 Å². The summed E-state index contributed by atoms with van der Waals surface area (Å²) in [5.41, 5.74) is 8.43. The quantitative estimate of drug-likeness (QED) is 0.182. The lowest BCUT2D eigenvalue weighted by molar-refractivity contribution is 0.122. The highest BCUT2D eigenvalue weighted by atomic mass is 32.2. The van der Waals surface area contributed by atoms with E-state index in [4.69, 9.17) is 19.7 Å². The van der Waals surface area contributed by atoms with Gasteiger partial charge >= 0.3 is 0 Å². The first kappa shape index (κ1) is 32.4. The number of ether oxygens (including phenoxy) is 1. The average molecular weight is 688 g/mol. The number of rotatable bonds is 8. The first-order chi connectivity index (χ1) is 23.0. The van der Waals surface area contributed by atoms with Gasteiger partial charge in [0.2, 0.25) is 16.0 Å². The van der Waals surface area contributed by atoms with Gasteiger partial charge in [-0.05, 0) is 34.7 Å². The molecule has 0 atom stereocenters. The average Bonchev–Trinajstić information content (AvgIpc) is 3.66. The van der Waals surface area contributed by atoms with E-state index in [0.29, 0.717) is 51.9 Å². The molecule has 48 heavy (non-hydrogen) atoms. The Morgan fingerprint density at radius 1 is 0.917 bits per heavy atom. The number of aromatic nitrogens is 4. The molecule has 3 aromatic heterocycles. The zero-order valence-corrected chi connectivity index (χ0v) is 29.4. The summed E-state index contributed by atoms with van der Waals surface area (Å²) in [5, 5.41) is 5.63. The van der Waals surface area contributed by atoms with E-state index < -0.39 is 10.0 Å². The Kier molecular flexibility index (Phi) is 8.83. The van der Waals surface area contributed by atoms with Gasteiger partial charge in [0.05, 0.1) is 51.9 Å². The molecule has 0 amide bonds. The molecular formula is C34H41N9O3S2. The Hall–Kier alpha value is -4.11. The van der Waals surface area contributed by atoms with E-state index in [1.54, 1.807) is 17.6 Å². The molecule has 0 radical (unpaired) electrons. The van der Waals surface area contributed by atoms with E-state index in [9.17, 15) is 8.42 Å². The summed E-state index contributed by atoms with van der Waals surface area (Å²) >= 11 is 1.64. The molecule has 0 unspecified atom stereocenters. The van der Waals surface area contributed by atoms with Crippen molar-refractivity contribution in [3.05, 3.63) is 71.5 Å². The van der Waals surface area contributed by atoms with Gasteiger partial charge in [0, 0.05) is 45.8 Å². The van der Waals surface area contributed by atoms with Gasteiger partial charge < -0.3 is 19.1 Å². The van der Waals surface area contributed by atoms with Gasteiger partial charge in [-0.2, -0.15) is 14.4 Å². The van der Waals surface area contributed by atoms with Crippen molar-refractivity contribution in [3.63, 3.8) is 0 Å². The van der Waals surface area contributed by atoms with Crippen molar-refractivity contribution in [3.8, 4) is 0 Å². The number of benzene rings is 2. The molecule has 5 aromatic rings. The van der Waals surface area contributed by atoms with Crippen molar-refractivity contribution < 1.29 is 13.2 Å². The maximum Gasteiger partial charge on any atom is 0.246 e. The van der Waals surface area contributed by atoms with Crippen LogP contribution in [0.25, 0.3) is 21.3 Å². The van der Waals surface area contributed by atoms with Crippen LogP contribution in [0.4, 0.5) is 16.8 Å². The van der Waals surface area contributed by atoms with Crippen molar-refractivity contribution in [1.29, 1.82) is 0 Å². The second-order valence-corrected chi connectivity index (χ2v) is 16.3. The number of imidazole rings is 1. The van der Waals surface area contributed by atoms with Crippen molar-refractivity contribution in [2.45, 2.75) is 32.7 Å². The molecule has 7 rings (SSSR count). The van der Waals surface area contributed by atoms with Gasteiger partial charge in [0.25, 0.3) is 0 Å². The molecule has 5 heterocycles. The Labute approximate surface area is 285 Å². The molecular weight excluding hydrogens is 647 g/mol. The lowest BCUT2D eigenvalue weighted by Gasteiger charge is -2.33. The van der Waals surface area contributed by atoms with Crippen LogP contribution in [0.2, 0.25) is 0 Å². The third kappa shape index (κ3) is 6.88. The normalized spacial score (nSPS) is 16.8. The molecule has 2 aliphatic rings. The van der Waals surface area contributed by atoms with Crippen LogP contribution in [0.5, 0.6) is 0 Å². The number of hydrogen-bond donors (Lipinski definition) is 1. The predicted molar refractivity (Wildman–Crippen MR) is 194 cm³/mol. The Morgan fingerprint density at radius 3 is 2.35 bits per heavy atom. The number of nitrogens with zero attached hydrogens (tertiary/aromatic N) is 8. The third-order valence-corrected chi connectivity index (χ3v) is 11.3. The molecule has 0 spiro atoms. The van der Waals surface area contributed by atoms with E-state index in [1.165, 1.54) is 21.7 Å². The summed E-state index contributed by atoms with van der Waals surface area (Å²) in [4.78, 5) is 19.1. The van der Waals surface area contributed by atoms with Crippen LogP contribution in [0.3, 0.4) is 0 Å². The van der Waals surface area contributed by atoms with Gasteiger partial charge in [-0.3, -0.25) is 0 Å². The monoisotopic (exact) mass is 687 g/mol. The predicted octanol–water partition coefficient (Wildman–Crippen LogP) is 4.75. The number of piperazine rings is 1. The number of thiophene rings is 1. The summed E-state index contributed by atoms with van der Waals surface area (Å²) in [6.45, 7) is 12.2. The zero-order chi connectivity index (χ0) is 33.5. The molecule has 0 aliphatic carbocycles. The van der Waals surface area contributed by atoms with Crippen LogP contribution < -0.4 is 15.2 Å². The summed E-state index contributed by atoms with van der Waals surface area (Å²) in [7, 11) is -3.20. The number of anilines is 3. The minimum Gasteiger partial charge on any atom is -0.378 e. The number of para-hydroxylation sites is 2. The molecule has 14 heteroatoms. The molecule has 2 saturated heterocycles. The van der Waals surface area contributed by atoms with Crippen LogP contribution in [-0.4, -0.2) is 97.2 Å². The molecule has 2 fully saturated rings. The fourth-order valence-corrected chi connectivity index (χ4v) is 8.13. The smallest absolute Gasteiger partial charge is 0.246 e. The van der Waals surface area contributed by atoms with Crippen LogP contribution in [0, 0.1) is 0 Å². The first-order valence-electron chi connectivity index (χ1n) is 16.2. The second-order valence-electron chi connectivity index (χ2n) is 13.3. The van der Waals surface area contributed by atoms with E-state index in [-0.39, 0.29) is 5.41 Å². The summed E-state index contributed by atoms with van der Waals surface area (Å²) in [5.74, 6) is 1.97. The lowest BCUT2D eigenvalue weighted by Crippen LogP contribution is -2.48. The number of hydrogen-bond acceptors (Lipinski definition) is 11. The minimum absolute atomic E-state index is 0.0938. The topological polar surface area (TPSA) is 121 Å². The number of fused-ring (bicyclic) bond motifs is 2. The fraction of sp³-hybridized carbons (Fsp3) is 0.412. The van der Waals surface area contributed by atoms with E-state index in [0.717, 1.165) is 51.0 Å². The maximum absolute atomic E-state index is 12.0. The molecule has 252 valence electrons. The molecule has 2 aliphatic heterocycles. The van der Waals surface area contributed by atoms with Gasteiger partial charge in [-0.25, -0.2) is 23.8 Å². The Bertz CT molecular complexity index is 2050. The highest BCUT2D eigenvalue weighted by Gasteiger charge is 2.26. The third-order valence-electron chi connectivity index (χ3n) is 8.86. The molecule has 0 bridgehead atoms. The van der Waals surface area contributed by atoms with Crippen molar-refractivity contribution >= 4 is 65.6 Å². The summed E-state index contributed by atoms with van der Waals surface area (Å²) in [6, 6.07) is 19.0. The summed E-state index contributed by atoms with van der Waals surface area (Å²) in [6.07, 6.45) is 3.00. The van der Waals surface area contributed by atoms with Crippen molar-refractivity contribution in [2.24, 2.45) is 5.10 Å². The van der Waals surface area contributed by atoms with Crippen LogP contribution >= 0.6 is 11.3 Å². The fourth-order valence-electron chi connectivity index (χ4n) is 6.14. The van der Waals surface area contributed by atoms with E-state index in [1.807, 2.05) is 18.2 Å². The highest BCUT2D eigenvalue weighted by molar-refractivity contribution is 7.88. The zero-order valence-electron chi connectivity index (χ0n) is 27.8. The SMILES string of the molecule is CC(C)(C)c1ccc(Cn2c(/C=N/Nc3nc(N4CCOCC4)c4sc(N5CCN(S(C)(=O)=O)CC5)cc4n3)nc3ccccc32)cc1. The molecule has 12 nitrogen and oxygen atoms in total. The number of sulfonamides is 1. The minimum atomic E-state index is -3.20. The molecule has 1 N–H and O–H groups in total. The van der Waals surface area contributed by atoms with Crippen molar-refractivity contribution in [1.82, 2.24) is 23.8 Å². The summed E-state index contributed by atoms with van der Waals surface area (Å²) < 4.78 is 34.4. The van der Waals surface area contributed by atoms with Crippen LogP contribution in [0.15, 0.2) is 59.7 Å². The van der Waals surface area contributed by atoms with Gasteiger partial charge in [-0.1, -0.05) is 57.2 Å².